The molecule has 2 rings (SSSR count). The van der Waals surface area contributed by atoms with Crippen molar-refractivity contribution in [3.05, 3.63) is 29.6 Å². The van der Waals surface area contributed by atoms with Gasteiger partial charge in [-0.3, -0.25) is 4.79 Å². The molecule has 1 saturated carbocycles. The monoisotopic (exact) mass is 240 g/mol. The summed E-state index contributed by atoms with van der Waals surface area (Å²) in [4.78, 5) is 12.0. The van der Waals surface area contributed by atoms with Crippen molar-refractivity contribution >= 4 is 17.7 Å². The van der Waals surface area contributed by atoms with E-state index in [9.17, 15) is 14.3 Å². The molecule has 1 aliphatic carbocycles. The number of thioether (sulfide) groups is 1. The Morgan fingerprint density at radius 3 is 2.62 bits per heavy atom. The summed E-state index contributed by atoms with van der Waals surface area (Å²) in [5.41, 5.74) is 0.560. The number of carbonyl (C=O) groups is 1. The van der Waals surface area contributed by atoms with Gasteiger partial charge >= 0.3 is 5.97 Å². The van der Waals surface area contributed by atoms with E-state index < -0.39 is 10.7 Å². The number of carboxylic acid groups (broad SMARTS) is 1. The minimum atomic E-state index is -0.759. The van der Waals surface area contributed by atoms with Crippen molar-refractivity contribution in [2.24, 2.45) is 0 Å². The second-order valence-electron chi connectivity index (χ2n) is 4.17. The Hall–Kier alpha value is -1.03. The molecule has 0 atom stereocenters. The number of aryl methyl sites for hydroxylation is 1. The minimum absolute atomic E-state index is 0.248. The molecule has 0 bridgehead atoms. The van der Waals surface area contributed by atoms with Crippen molar-refractivity contribution in [2.45, 2.75) is 35.8 Å². The molecular formula is C12H13FO2S. The molecule has 1 aromatic carbocycles. The van der Waals surface area contributed by atoms with Gasteiger partial charge in [0.15, 0.2) is 0 Å². The Balaban J connectivity index is 2.20. The molecule has 0 amide bonds. The molecule has 0 heterocycles. The van der Waals surface area contributed by atoms with E-state index in [1.54, 1.807) is 19.1 Å². The fraction of sp³-hybridized carbons (Fsp3) is 0.417. The number of carboxylic acids is 1. The molecule has 2 nitrogen and oxygen atoms in total. The first kappa shape index (κ1) is 11.5. The second-order valence-corrected chi connectivity index (χ2v) is 5.62. The first-order chi connectivity index (χ1) is 7.53. The lowest BCUT2D eigenvalue weighted by atomic mass is 9.84. The molecule has 0 saturated heterocycles. The Morgan fingerprint density at radius 2 is 2.19 bits per heavy atom. The zero-order chi connectivity index (χ0) is 11.8. The van der Waals surface area contributed by atoms with Crippen LogP contribution < -0.4 is 0 Å². The highest BCUT2D eigenvalue weighted by Gasteiger charge is 2.45. The third-order valence-corrected chi connectivity index (χ3v) is 4.46. The van der Waals surface area contributed by atoms with Gasteiger partial charge in [-0.25, -0.2) is 4.39 Å². The first-order valence-electron chi connectivity index (χ1n) is 5.22. The van der Waals surface area contributed by atoms with Crippen molar-refractivity contribution in [1.29, 1.82) is 0 Å². The van der Waals surface area contributed by atoms with Crippen molar-refractivity contribution in [2.75, 3.05) is 0 Å². The molecule has 86 valence electrons. The standard InChI is InChI=1S/C12H13FO2S/c1-8-7-9(3-4-10(8)13)16-12(11(14)15)5-2-6-12/h3-4,7H,2,5-6H2,1H3,(H,14,15). The van der Waals surface area contributed by atoms with Gasteiger partial charge in [0.05, 0.1) is 0 Å². The van der Waals surface area contributed by atoms with Crippen LogP contribution in [0.25, 0.3) is 0 Å². The SMILES string of the molecule is Cc1cc(SC2(C(=O)O)CCC2)ccc1F. The summed E-state index contributed by atoms with van der Waals surface area (Å²) in [6, 6.07) is 4.75. The van der Waals surface area contributed by atoms with E-state index in [1.807, 2.05) is 0 Å². The Kier molecular flexibility index (Phi) is 2.93. The highest BCUT2D eigenvalue weighted by molar-refractivity contribution is 8.01. The third-order valence-electron chi connectivity index (χ3n) is 2.99. The molecule has 0 spiro atoms. The van der Waals surface area contributed by atoms with Crippen LogP contribution in [0.15, 0.2) is 23.1 Å². The summed E-state index contributed by atoms with van der Waals surface area (Å²) in [5, 5.41) is 9.17. The van der Waals surface area contributed by atoms with Crippen LogP contribution in [0.1, 0.15) is 24.8 Å². The third kappa shape index (κ3) is 1.94. The van der Waals surface area contributed by atoms with Crippen LogP contribution in [-0.4, -0.2) is 15.8 Å². The number of benzene rings is 1. The number of halogens is 1. The highest BCUT2D eigenvalue weighted by Crippen LogP contribution is 2.47. The molecule has 1 aromatic rings. The fourth-order valence-electron chi connectivity index (χ4n) is 1.76. The molecule has 1 fully saturated rings. The maximum atomic E-state index is 13.1. The molecular weight excluding hydrogens is 227 g/mol. The van der Waals surface area contributed by atoms with E-state index >= 15 is 0 Å². The smallest absolute Gasteiger partial charge is 0.320 e. The second kappa shape index (κ2) is 4.09. The Labute approximate surface area is 97.9 Å². The lowest BCUT2D eigenvalue weighted by Crippen LogP contribution is -2.41. The van der Waals surface area contributed by atoms with Crippen LogP contribution in [0.4, 0.5) is 4.39 Å². The van der Waals surface area contributed by atoms with Gasteiger partial charge in [0.25, 0.3) is 0 Å². The predicted octanol–water partition coefficient (Wildman–Crippen LogP) is 3.23. The molecule has 0 aliphatic heterocycles. The molecule has 0 aromatic heterocycles. The maximum absolute atomic E-state index is 13.1. The number of aliphatic carboxylic acids is 1. The molecule has 1 aliphatic rings. The zero-order valence-electron chi connectivity index (χ0n) is 9.00. The van der Waals surface area contributed by atoms with Gasteiger partial charge in [-0.1, -0.05) is 0 Å². The van der Waals surface area contributed by atoms with Gasteiger partial charge in [0, 0.05) is 4.90 Å². The largest absolute Gasteiger partial charge is 0.480 e. The summed E-state index contributed by atoms with van der Waals surface area (Å²) in [6.45, 7) is 1.69. The molecule has 1 N–H and O–H groups in total. The Bertz CT molecular complexity index is 427. The van der Waals surface area contributed by atoms with Crippen molar-refractivity contribution in [3.63, 3.8) is 0 Å². The zero-order valence-corrected chi connectivity index (χ0v) is 9.81. The summed E-state index contributed by atoms with van der Waals surface area (Å²) in [5.74, 6) is -1.01. The summed E-state index contributed by atoms with van der Waals surface area (Å²) in [6.07, 6.45) is 2.35. The van der Waals surface area contributed by atoms with Gasteiger partial charge in [-0.05, 0) is 49.9 Å². The van der Waals surface area contributed by atoms with Crippen LogP contribution in [0.2, 0.25) is 0 Å². The first-order valence-corrected chi connectivity index (χ1v) is 6.04. The van der Waals surface area contributed by atoms with Crippen molar-refractivity contribution in [1.82, 2.24) is 0 Å². The average molecular weight is 240 g/mol. The van der Waals surface area contributed by atoms with Crippen LogP contribution in [0.5, 0.6) is 0 Å². The fourth-order valence-corrected chi connectivity index (χ4v) is 3.17. The normalized spacial score (nSPS) is 17.9. The lowest BCUT2D eigenvalue weighted by molar-refractivity contribution is -0.142. The van der Waals surface area contributed by atoms with Gasteiger partial charge < -0.3 is 5.11 Å². The molecule has 0 radical (unpaired) electrons. The number of rotatable bonds is 3. The van der Waals surface area contributed by atoms with Gasteiger partial charge in [-0.2, -0.15) is 0 Å². The maximum Gasteiger partial charge on any atom is 0.320 e. The highest BCUT2D eigenvalue weighted by atomic mass is 32.2. The predicted molar refractivity (Wildman–Crippen MR) is 61.2 cm³/mol. The van der Waals surface area contributed by atoms with E-state index in [0.717, 1.165) is 11.3 Å². The van der Waals surface area contributed by atoms with Crippen LogP contribution in [-0.2, 0) is 4.79 Å². The van der Waals surface area contributed by atoms with Crippen LogP contribution >= 0.6 is 11.8 Å². The van der Waals surface area contributed by atoms with E-state index in [1.165, 1.54) is 17.8 Å². The summed E-state index contributed by atoms with van der Waals surface area (Å²) < 4.78 is 12.4. The summed E-state index contributed by atoms with van der Waals surface area (Å²) >= 11 is 1.34. The quantitative estimate of drug-likeness (QED) is 0.881. The van der Waals surface area contributed by atoms with Crippen LogP contribution in [0, 0.1) is 12.7 Å². The van der Waals surface area contributed by atoms with E-state index in [2.05, 4.69) is 0 Å². The van der Waals surface area contributed by atoms with Crippen molar-refractivity contribution < 1.29 is 14.3 Å². The van der Waals surface area contributed by atoms with Crippen molar-refractivity contribution in [3.8, 4) is 0 Å². The van der Waals surface area contributed by atoms with E-state index in [4.69, 9.17) is 0 Å². The van der Waals surface area contributed by atoms with E-state index in [0.29, 0.717) is 18.4 Å². The van der Waals surface area contributed by atoms with Gasteiger partial charge in [0.2, 0.25) is 0 Å². The van der Waals surface area contributed by atoms with Crippen LogP contribution in [0.3, 0.4) is 0 Å². The van der Waals surface area contributed by atoms with Gasteiger partial charge in [-0.15, -0.1) is 11.8 Å². The average Bonchev–Trinajstić information content (AvgIpc) is 2.16. The molecule has 16 heavy (non-hydrogen) atoms. The minimum Gasteiger partial charge on any atom is -0.480 e. The topological polar surface area (TPSA) is 37.3 Å². The number of hydrogen-bond acceptors (Lipinski definition) is 2. The lowest BCUT2D eigenvalue weighted by Gasteiger charge is -2.36. The van der Waals surface area contributed by atoms with Gasteiger partial charge in [0.1, 0.15) is 10.6 Å². The molecule has 4 heteroatoms. The number of hydrogen-bond donors (Lipinski definition) is 1. The summed E-state index contributed by atoms with van der Waals surface area (Å²) in [7, 11) is 0. The Morgan fingerprint density at radius 1 is 1.50 bits per heavy atom. The van der Waals surface area contributed by atoms with E-state index in [-0.39, 0.29) is 5.82 Å². The molecule has 0 unspecified atom stereocenters.